The van der Waals surface area contributed by atoms with Crippen molar-refractivity contribution in [2.45, 2.75) is 30.2 Å². The molecule has 3 aromatic rings. The monoisotopic (exact) mass is 389 g/mol. The lowest BCUT2D eigenvalue weighted by Gasteiger charge is -2.26. The Morgan fingerprint density at radius 2 is 2.31 bits per heavy atom. The Morgan fingerprint density at radius 3 is 3.15 bits per heavy atom. The van der Waals surface area contributed by atoms with Crippen molar-refractivity contribution in [1.29, 1.82) is 0 Å². The van der Waals surface area contributed by atoms with E-state index in [0.29, 0.717) is 18.1 Å². The first-order valence-electron chi connectivity index (χ1n) is 8.26. The van der Waals surface area contributed by atoms with Gasteiger partial charge in [0.2, 0.25) is 17.6 Å². The van der Waals surface area contributed by atoms with Crippen molar-refractivity contribution < 1.29 is 13.7 Å². The van der Waals surface area contributed by atoms with Gasteiger partial charge in [-0.25, -0.2) is 4.39 Å². The molecule has 1 amide bonds. The first-order chi connectivity index (χ1) is 12.7. The number of carbonyl (C=O) groups is 1. The molecule has 1 aliphatic rings. The van der Waals surface area contributed by atoms with Gasteiger partial charge in [-0.1, -0.05) is 5.16 Å². The first-order valence-corrected chi connectivity index (χ1v) is 10.2. The van der Waals surface area contributed by atoms with E-state index in [1.807, 2.05) is 16.8 Å². The van der Waals surface area contributed by atoms with Crippen LogP contribution in [0.3, 0.4) is 0 Å². The molecule has 4 rings (SSSR count). The molecular formula is C18H16FN3O2S2. The minimum atomic E-state index is -0.280. The first kappa shape index (κ1) is 17.2. The summed E-state index contributed by atoms with van der Waals surface area (Å²) < 4.78 is 18.8. The minimum absolute atomic E-state index is 0.104. The Labute approximate surface area is 158 Å². The summed E-state index contributed by atoms with van der Waals surface area (Å²) >= 11 is 3.25. The van der Waals surface area contributed by atoms with E-state index in [4.69, 9.17) is 4.52 Å². The summed E-state index contributed by atoms with van der Waals surface area (Å²) in [5.41, 5.74) is 1.76. The van der Waals surface area contributed by atoms with Gasteiger partial charge in [-0.05, 0) is 41.6 Å². The maximum absolute atomic E-state index is 13.5. The second-order valence-electron chi connectivity index (χ2n) is 5.96. The Balaban J connectivity index is 1.36. The second-order valence-corrected chi connectivity index (χ2v) is 7.88. The van der Waals surface area contributed by atoms with Crippen LogP contribution in [-0.4, -0.2) is 21.8 Å². The molecule has 0 unspecified atom stereocenters. The number of hydrogen-bond acceptors (Lipinski definition) is 6. The summed E-state index contributed by atoms with van der Waals surface area (Å²) in [6, 6.07) is 6.51. The summed E-state index contributed by atoms with van der Waals surface area (Å²) in [4.78, 5) is 17.7. The Bertz CT molecular complexity index is 911. The molecule has 0 saturated heterocycles. The molecule has 0 spiro atoms. The number of aromatic nitrogens is 2. The van der Waals surface area contributed by atoms with Crippen LogP contribution in [0, 0.1) is 5.82 Å². The number of nitrogens with zero attached hydrogens (tertiary/aromatic N) is 2. The lowest BCUT2D eigenvalue weighted by atomic mass is 10.0. The lowest BCUT2D eigenvalue weighted by Crippen LogP contribution is -2.30. The highest BCUT2D eigenvalue weighted by atomic mass is 32.2. The molecule has 0 saturated carbocycles. The van der Waals surface area contributed by atoms with Crippen LogP contribution in [0.15, 0.2) is 44.4 Å². The smallest absolute Gasteiger partial charge is 0.227 e. The molecule has 8 heteroatoms. The molecule has 5 nitrogen and oxygen atoms in total. The number of carbonyl (C=O) groups excluding carboxylic acids is 1. The van der Waals surface area contributed by atoms with Gasteiger partial charge in [0.25, 0.3) is 0 Å². The number of halogens is 1. The van der Waals surface area contributed by atoms with E-state index >= 15 is 0 Å². The number of benzene rings is 1. The number of nitrogens with one attached hydrogen (secondary N) is 1. The molecule has 1 aliphatic heterocycles. The van der Waals surface area contributed by atoms with Crippen molar-refractivity contribution in [2.24, 2.45) is 0 Å². The van der Waals surface area contributed by atoms with Crippen LogP contribution < -0.4 is 5.32 Å². The van der Waals surface area contributed by atoms with E-state index in [2.05, 4.69) is 15.5 Å². The summed E-state index contributed by atoms with van der Waals surface area (Å²) in [7, 11) is 0. The number of fused-ring (bicyclic) bond motifs is 1. The topological polar surface area (TPSA) is 68.0 Å². The van der Waals surface area contributed by atoms with Crippen molar-refractivity contribution in [3.8, 4) is 11.4 Å². The molecule has 0 radical (unpaired) electrons. The van der Waals surface area contributed by atoms with Crippen LogP contribution in [0.25, 0.3) is 11.4 Å². The van der Waals surface area contributed by atoms with E-state index in [9.17, 15) is 9.18 Å². The molecule has 26 heavy (non-hydrogen) atoms. The predicted molar refractivity (Wildman–Crippen MR) is 98.6 cm³/mol. The highest BCUT2D eigenvalue weighted by Gasteiger charge is 2.23. The number of thioether (sulfide) groups is 1. The zero-order valence-corrected chi connectivity index (χ0v) is 15.4. The van der Waals surface area contributed by atoms with Crippen molar-refractivity contribution in [1.82, 2.24) is 15.5 Å². The van der Waals surface area contributed by atoms with Gasteiger partial charge in [0.15, 0.2) is 0 Å². The molecule has 2 aromatic heterocycles. The minimum Gasteiger partial charge on any atom is -0.349 e. The molecule has 1 atom stereocenters. The number of hydrogen-bond donors (Lipinski definition) is 1. The molecule has 1 aromatic carbocycles. The highest BCUT2D eigenvalue weighted by Crippen LogP contribution is 2.36. The van der Waals surface area contributed by atoms with Crippen molar-refractivity contribution >= 4 is 29.0 Å². The van der Waals surface area contributed by atoms with E-state index in [0.717, 1.165) is 28.2 Å². The zero-order chi connectivity index (χ0) is 17.9. The molecule has 134 valence electrons. The Hall–Kier alpha value is -2.19. The molecule has 3 heterocycles. The largest absolute Gasteiger partial charge is 0.349 e. The van der Waals surface area contributed by atoms with E-state index in [1.165, 1.54) is 12.1 Å². The zero-order valence-electron chi connectivity index (χ0n) is 13.8. The van der Waals surface area contributed by atoms with E-state index in [1.54, 1.807) is 29.2 Å². The van der Waals surface area contributed by atoms with Gasteiger partial charge in [0.05, 0.1) is 6.04 Å². The van der Waals surface area contributed by atoms with Gasteiger partial charge in [-0.15, -0.1) is 11.8 Å². The van der Waals surface area contributed by atoms with Crippen LogP contribution in [0.4, 0.5) is 4.39 Å². The van der Waals surface area contributed by atoms with Gasteiger partial charge in [0, 0.05) is 34.4 Å². The second kappa shape index (κ2) is 7.59. The third kappa shape index (κ3) is 3.81. The Kier molecular flexibility index (Phi) is 5.03. The van der Waals surface area contributed by atoms with Gasteiger partial charge < -0.3 is 9.84 Å². The number of thiophene rings is 1. The van der Waals surface area contributed by atoms with Gasteiger partial charge in [-0.3, -0.25) is 4.79 Å². The predicted octanol–water partition coefficient (Wildman–Crippen LogP) is 4.22. The van der Waals surface area contributed by atoms with E-state index in [-0.39, 0.29) is 24.2 Å². The van der Waals surface area contributed by atoms with Gasteiger partial charge >= 0.3 is 0 Å². The average Bonchev–Trinajstić information content (AvgIpc) is 3.32. The van der Waals surface area contributed by atoms with Crippen LogP contribution in [0.2, 0.25) is 0 Å². The SMILES string of the molecule is O=C(CCc1nc(-c2ccsc2)no1)N[C@@H]1CCSc2ccc(F)cc21. The van der Waals surface area contributed by atoms with Crippen molar-refractivity contribution in [3.05, 3.63) is 52.3 Å². The lowest BCUT2D eigenvalue weighted by molar-refractivity contribution is -0.121. The summed E-state index contributed by atoms with van der Waals surface area (Å²) in [5, 5.41) is 10.8. The summed E-state index contributed by atoms with van der Waals surface area (Å²) in [6.45, 7) is 0. The molecular weight excluding hydrogens is 373 g/mol. The summed E-state index contributed by atoms with van der Waals surface area (Å²) in [5.74, 6) is 1.49. The van der Waals surface area contributed by atoms with Crippen molar-refractivity contribution in [3.63, 3.8) is 0 Å². The maximum atomic E-state index is 13.5. The van der Waals surface area contributed by atoms with Crippen LogP contribution >= 0.6 is 23.1 Å². The van der Waals surface area contributed by atoms with Gasteiger partial charge in [-0.2, -0.15) is 16.3 Å². The molecule has 0 bridgehead atoms. The molecule has 0 aliphatic carbocycles. The third-order valence-corrected chi connectivity index (χ3v) is 5.97. The summed E-state index contributed by atoms with van der Waals surface area (Å²) in [6.07, 6.45) is 1.41. The Morgan fingerprint density at radius 1 is 1.38 bits per heavy atom. The van der Waals surface area contributed by atoms with Crippen LogP contribution in [0.5, 0.6) is 0 Å². The maximum Gasteiger partial charge on any atom is 0.227 e. The number of amides is 1. The number of rotatable bonds is 5. The van der Waals surface area contributed by atoms with Gasteiger partial charge in [0.1, 0.15) is 5.82 Å². The average molecular weight is 389 g/mol. The fourth-order valence-electron chi connectivity index (χ4n) is 2.87. The van der Waals surface area contributed by atoms with Crippen LogP contribution in [-0.2, 0) is 11.2 Å². The molecule has 0 fully saturated rings. The highest BCUT2D eigenvalue weighted by molar-refractivity contribution is 7.99. The fraction of sp³-hybridized carbons (Fsp3) is 0.278. The third-order valence-electron chi connectivity index (χ3n) is 4.16. The quantitative estimate of drug-likeness (QED) is 0.707. The van der Waals surface area contributed by atoms with E-state index < -0.39 is 0 Å². The fourth-order valence-corrected chi connectivity index (χ4v) is 4.61. The number of aryl methyl sites for hydroxylation is 1. The molecule has 1 N–H and O–H groups in total. The normalized spacial score (nSPS) is 16.3. The van der Waals surface area contributed by atoms with Crippen molar-refractivity contribution in [2.75, 3.05) is 5.75 Å². The van der Waals surface area contributed by atoms with Crippen LogP contribution in [0.1, 0.15) is 30.3 Å². The standard InChI is InChI=1S/C18H16FN3O2S2/c19-12-1-2-15-13(9-12)14(6-8-26-15)20-16(23)3-4-17-21-18(22-24-17)11-5-7-25-10-11/h1-2,5,7,9-10,14H,3-4,6,8H2,(H,20,23)/t14-/m1/s1.